The lowest BCUT2D eigenvalue weighted by molar-refractivity contribution is 0.531. The second kappa shape index (κ2) is 5.27. The van der Waals surface area contributed by atoms with Crippen LogP contribution in [-0.2, 0) is 7.05 Å². The van der Waals surface area contributed by atoms with Crippen LogP contribution in [-0.4, -0.2) is 16.1 Å². The topological polar surface area (TPSA) is 29.9 Å². The molecule has 0 saturated carbocycles. The molecule has 1 N–H and O–H groups in total. The minimum absolute atomic E-state index is 0.292. The van der Waals surface area contributed by atoms with Gasteiger partial charge in [0.2, 0.25) is 0 Å². The first kappa shape index (κ1) is 12.7. The van der Waals surface area contributed by atoms with Gasteiger partial charge in [0, 0.05) is 12.6 Å². The first-order valence-corrected chi connectivity index (χ1v) is 5.78. The Kier molecular flexibility index (Phi) is 3.72. The Bertz CT molecular complexity index is 537. The number of aryl methyl sites for hydroxylation is 1. The summed E-state index contributed by atoms with van der Waals surface area (Å²) in [5.41, 5.74) is 1.09. The number of nitrogens with one attached hydrogen (secondary N) is 1. The maximum Gasteiger partial charge on any atom is 0.128 e. The van der Waals surface area contributed by atoms with Crippen molar-refractivity contribution in [1.29, 1.82) is 0 Å². The van der Waals surface area contributed by atoms with Crippen molar-refractivity contribution in [2.75, 3.05) is 6.54 Å². The number of imidazole rings is 1. The van der Waals surface area contributed by atoms with Gasteiger partial charge in [0.1, 0.15) is 11.6 Å². The molecular formula is C13H15F2N3. The SMILES string of the molecule is CCNC(c1cc(F)ccc1F)c1cncn1C. The van der Waals surface area contributed by atoms with Gasteiger partial charge in [-0.05, 0) is 24.7 Å². The maximum atomic E-state index is 13.8. The Balaban J connectivity index is 2.48. The number of aromatic nitrogens is 2. The van der Waals surface area contributed by atoms with Crippen molar-refractivity contribution < 1.29 is 8.78 Å². The van der Waals surface area contributed by atoms with Gasteiger partial charge in [-0.15, -0.1) is 0 Å². The van der Waals surface area contributed by atoms with E-state index in [1.807, 2.05) is 14.0 Å². The average molecular weight is 251 g/mol. The van der Waals surface area contributed by atoms with Gasteiger partial charge in [0.25, 0.3) is 0 Å². The van der Waals surface area contributed by atoms with Crippen molar-refractivity contribution in [3.63, 3.8) is 0 Å². The minimum Gasteiger partial charge on any atom is -0.336 e. The zero-order valence-electron chi connectivity index (χ0n) is 10.3. The van der Waals surface area contributed by atoms with Crippen LogP contribution in [0.3, 0.4) is 0 Å². The fraction of sp³-hybridized carbons (Fsp3) is 0.308. The van der Waals surface area contributed by atoms with Crippen molar-refractivity contribution in [1.82, 2.24) is 14.9 Å². The summed E-state index contributed by atoms with van der Waals surface area (Å²) in [4.78, 5) is 4.01. The highest BCUT2D eigenvalue weighted by Crippen LogP contribution is 2.24. The number of nitrogens with zero attached hydrogens (tertiary/aromatic N) is 2. The van der Waals surface area contributed by atoms with Crippen LogP contribution in [0.5, 0.6) is 0 Å². The number of rotatable bonds is 4. The van der Waals surface area contributed by atoms with Gasteiger partial charge in [0.05, 0.1) is 24.3 Å². The Labute approximate surface area is 104 Å². The second-order valence-electron chi connectivity index (χ2n) is 4.09. The summed E-state index contributed by atoms with van der Waals surface area (Å²) in [6.07, 6.45) is 3.29. The molecule has 1 heterocycles. The van der Waals surface area contributed by atoms with E-state index in [0.29, 0.717) is 12.1 Å². The standard InChI is InChI=1S/C13H15F2N3/c1-3-17-13(12-7-16-8-18(12)2)10-6-9(14)4-5-11(10)15/h4-8,13,17H,3H2,1-2H3. The molecule has 1 aromatic carbocycles. The maximum absolute atomic E-state index is 13.8. The third-order valence-electron chi connectivity index (χ3n) is 2.83. The summed E-state index contributed by atoms with van der Waals surface area (Å²) in [6.45, 7) is 2.56. The fourth-order valence-electron chi connectivity index (χ4n) is 1.96. The molecule has 1 aromatic heterocycles. The molecule has 1 atom stereocenters. The van der Waals surface area contributed by atoms with E-state index in [1.165, 1.54) is 6.07 Å². The summed E-state index contributed by atoms with van der Waals surface area (Å²) in [5, 5.41) is 3.14. The van der Waals surface area contributed by atoms with Crippen LogP contribution in [0.4, 0.5) is 8.78 Å². The molecule has 0 saturated heterocycles. The van der Waals surface area contributed by atoms with Crippen LogP contribution in [0, 0.1) is 11.6 Å². The van der Waals surface area contributed by atoms with Crippen LogP contribution < -0.4 is 5.32 Å². The van der Waals surface area contributed by atoms with Gasteiger partial charge in [-0.25, -0.2) is 13.8 Å². The van der Waals surface area contributed by atoms with Crippen molar-refractivity contribution in [3.8, 4) is 0 Å². The fourth-order valence-corrected chi connectivity index (χ4v) is 1.96. The van der Waals surface area contributed by atoms with Crippen molar-refractivity contribution in [2.45, 2.75) is 13.0 Å². The summed E-state index contributed by atoms with van der Waals surface area (Å²) in [6, 6.07) is 3.07. The van der Waals surface area contributed by atoms with E-state index in [4.69, 9.17) is 0 Å². The summed E-state index contributed by atoms with van der Waals surface area (Å²) >= 11 is 0. The van der Waals surface area contributed by atoms with Crippen molar-refractivity contribution in [2.24, 2.45) is 7.05 Å². The zero-order chi connectivity index (χ0) is 13.1. The van der Waals surface area contributed by atoms with Crippen molar-refractivity contribution in [3.05, 3.63) is 53.6 Å². The first-order valence-electron chi connectivity index (χ1n) is 5.78. The van der Waals surface area contributed by atoms with Gasteiger partial charge < -0.3 is 9.88 Å². The smallest absolute Gasteiger partial charge is 0.128 e. The van der Waals surface area contributed by atoms with Crippen LogP contribution in [0.15, 0.2) is 30.7 Å². The number of hydrogen-bond donors (Lipinski definition) is 1. The Hall–Kier alpha value is -1.75. The molecule has 5 heteroatoms. The second-order valence-corrected chi connectivity index (χ2v) is 4.09. The molecule has 0 fully saturated rings. The van der Waals surface area contributed by atoms with E-state index < -0.39 is 17.7 Å². The third-order valence-corrected chi connectivity index (χ3v) is 2.83. The minimum atomic E-state index is -0.448. The van der Waals surface area contributed by atoms with Crippen LogP contribution in [0.2, 0.25) is 0 Å². The zero-order valence-corrected chi connectivity index (χ0v) is 10.3. The highest BCUT2D eigenvalue weighted by atomic mass is 19.1. The molecule has 0 aliphatic heterocycles. The van der Waals surface area contributed by atoms with Crippen LogP contribution in [0.1, 0.15) is 24.2 Å². The Morgan fingerprint density at radius 2 is 2.17 bits per heavy atom. The lowest BCUT2D eigenvalue weighted by atomic mass is 10.0. The molecule has 3 nitrogen and oxygen atoms in total. The van der Waals surface area contributed by atoms with Crippen LogP contribution >= 0.6 is 0 Å². The lowest BCUT2D eigenvalue weighted by Crippen LogP contribution is -2.25. The predicted molar refractivity (Wildman–Crippen MR) is 65.1 cm³/mol. The number of halogens is 2. The van der Waals surface area contributed by atoms with E-state index in [0.717, 1.165) is 17.8 Å². The molecule has 2 rings (SSSR count). The quantitative estimate of drug-likeness (QED) is 0.904. The van der Waals surface area contributed by atoms with Gasteiger partial charge >= 0.3 is 0 Å². The predicted octanol–water partition coefficient (Wildman–Crippen LogP) is 2.40. The summed E-state index contributed by atoms with van der Waals surface area (Å²) < 4.78 is 28.9. The van der Waals surface area contributed by atoms with Crippen LogP contribution in [0.25, 0.3) is 0 Å². The molecule has 2 aromatic rings. The molecule has 96 valence electrons. The first-order chi connectivity index (χ1) is 8.63. The molecule has 0 aliphatic rings. The largest absolute Gasteiger partial charge is 0.336 e. The molecule has 0 aliphatic carbocycles. The number of benzene rings is 1. The molecule has 0 bridgehead atoms. The average Bonchev–Trinajstić information content (AvgIpc) is 2.76. The molecule has 0 spiro atoms. The van der Waals surface area contributed by atoms with Gasteiger partial charge in [-0.2, -0.15) is 0 Å². The van der Waals surface area contributed by atoms with Gasteiger partial charge in [0.15, 0.2) is 0 Å². The molecule has 0 amide bonds. The summed E-state index contributed by atoms with van der Waals surface area (Å²) in [5.74, 6) is -0.875. The Morgan fingerprint density at radius 1 is 1.39 bits per heavy atom. The van der Waals surface area contributed by atoms with E-state index in [9.17, 15) is 8.78 Å². The van der Waals surface area contributed by atoms with E-state index in [2.05, 4.69) is 10.3 Å². The van der Waals surface area contributed by atoms with E-state index in [-0.39, 0.29) is 0 Å². The normalized spacial score (nSPS) is 12.7. The highest BCUT2D eigenvalue weighted by molar-refractivity contribution is 5.29. The number of hydrogen-bond acceptors (Lipinski definition) is 2. The Morgan fingerprint density at radius 3 is 2.78 bits per heavy atom. The van der Waals surface area contributed by atoms with Gasteiger partial charge in [-0.3, -0.25) is 0 Å². The lowest BCUT2D eigenvalue weighted by Gasteiger charge is -2.19. The molecule has 1 unspecified atom stereocenters. The molecule has 18 heavy (non-hydrogen) atoms. The summed E-state index contributed by atoms with van der Waals surface area (Å²) in [7, 11) is 1.82. The highest BCUT2D eigenvalue weighted by Gasteiger charge is 2.20. The van der Waals surface area contributed by atoms with E-state index >= 15 is 0 Å². The monoisotopic (exact) mass is 251 g/mol. The van der Waals surface area contributed by atoms with E-state index in [1.54, 1.807) is 17.1 Å². The third kappa shape index (κ3) is 2.41. The molecule has 0 radical (unpaired) electrons. The van der Waals surface area contributed by atoms with Gasteiger partial charge in [-0.1, -0.05) is 6.92 Å². The van der Waals surface area contributed by atoms with Crippen molar-refractivity contribution >= 4 is 0 Å². The molecular weight excluding hydrogens is 236 g/mol.